The van der Waals surface area contributed by atoms with Crippen molar-refractivity contribution in [3.63, 3.8) is 0 Å². The van der Waals surface area contributed by atoms with E-state index in [1.54, 1.807) is 0 Å². The van der Waals surface area contributed by atoms with Gasteiger partial charge in [-0.3, -0.25) is 9.36 Å². The minimum Gasteiger partial charge on any atom is -0.486 e. The second-order valence-corrected chi connectivity index (χ2v) is 10.2. The molecule has 4 heterocycles. The molecule has 0 spiro atoms. The molecule has 0 radical (unpaired) electrons. The van der Waals surface area contributed by atoms with Crippen LogP contribution in [0.25, 0.3) is 10.2 Å². The fourth-order valence-electron chi connectivity index (χ4n) is 4.13. The largest absolute Gasteiger partial charge is 0.486 e. The highest BCUT2D eigenvalue weighted by Crippen LogP contribution is 2.41. The number of anilines is 2. The maximum Gasteiger partial charge on any atom is 0.236 e. The van der Waals surface area contributed by atoms with E-state index in [1.807, 2.05) is 12.1 Å². The molecule has 1 aromatic carbocycles. The Kier molecular flexibility index (Phi) is 5.30. The minimum absolute atomic E-state index is 0.101. The van der Waals surface area contributed by atoms with Crippen molar-refractivity contribution in [3.8, 4) is 11.5 Å². The number of thiazole rings is 1. The molecule has 1 amide bonds. The molecule has 1 saturated carbocycles. The predicted molar refractivity (Wildman–Crippen MR) is 124 cm³/mol. The molecule has 2 aromatic heterocycles. The predicted octanol–water partition coefficient (Wildman–Crippen LogP) is 3.72. The number of benzene rings is 1. The van der Waals surface area contributed by atoms with Crippen molar-refractivity contribution in [2.75, 3.05) is 42.3 Å². The Labute approximate surface area is 193 Å². The number of thioether (sulfide) groups is 1. The van der Waals surface area contributed by atoms with Gasteiger partial charge in [-0.1, -0.05) is 23.1 Å². The van der Waals surface area contributed by atoms with Gasteiger partial charge < -0.3 is 19.7 Å². The van der Waals surface area contributed by atoms with Gasteiger partial charge in [-0.2, -0.15) is 0 Å². The van der Waals surface area contributed by atoms with Gasteiger partial charge in [0.05, 0.1) is 16.0 Å². The molecule has 1 N–H and O–H groups in total. The molecule has 0 atom stereocenters. The lowest BCUT2D eigenvalue weighted by molar-refractivity contribution is -0.113. The SMILES string of the molecule is O=C(CSc1nnc(N2CCCCC2)n1C1CC1)Nc1nc2cc3c(cc2s1)OCCO3. The fraction of sp³-hybridized carbons (Fsp3) is 0.524. The molecule has 3 aliphatic rings. The molecule has 11 heteroatoms. The molecule has 32 heavy (non-hydrogen) atoms. The van der Waals surface area contributed by atoms with E-state index in [4.69, 9.17) is 9.47 Å². The van der Waals surface area contributed by atoms with E-state index in [0.29, 0.717) is 30.1 Å². The first-order chi connectivity index (χ1) is 15.7. The number of hydrogen-bond donors (Lipinski definition) is 1. The van der Waals surface area contributed by atoms with Gasteiger partial charge in [-0.05, 0) is 32.1 Å². The van der Waals surface area contributed by atoms with E-state index < -0.39 is 0 Å². The second kappa shape index (κ2) is 8.43. The number of nitrogens with zero attached hydrogens (tertiary/aromatic N) is 5. The molecular weight excluding hydrogens is 448 g/mol. The molecule has 168 valence electrons. The van der Waals surface area contributed by atoms with Crippen LogP contribution in [0.3, 0.4) is 0 Å². The summed E-state index contributed by atoms with van der Waals surface area (Å²) in [6.07, 6.45) is 5.99. The Morgan fingerprint density at radius 1 is 1.12 bits per heavy atom. The lowest BCUT2D eigenvalue weighted by Crippen LogP contribution is -2.32. The molecule has 1 aliphatic carbocycles. The molecule has 3 aromatic rings. The number of carbonyl (C=O) groups excluding carboxylic acids is 1. The Balaban J connectivity index is 1.13. The molecule has 0 unspecified atom stereocenters. The summed E-state index contributed by atoms with van der Waals surface area (Å²) in [5.74, 6) is 2.56. The maximum absolute atomic E-state index is 12.6. The van der Waals surface area contributed by atoms with E-state index >= 15 is 0 Å². The van der Waals surface area contributed by atoms with Crippen LogP contribution in [0.4, 0.5) is 11.1 Å². The number of carbonyl (C=O) groups is 1. The molecule has 9 nitrogen and oxygen atoms in total. The number of piperidine rings is 1. The number of amides is 1. The quantitative estimate of drug-likeness (QED) is 0.543. The second-order valence-electron chi connectivity index (χ2n) is 8.25. The lowest BCUT2D eigenvalue weighted by Gasteiger charge is -2.27. The number of rotatable bonds is 6. The Morgan fingerprint density at radius 2 is 1.91 bits per heavy atom. The highest BCUT2D eigenvalue weighted by atomic mass is 32.2. The first-order valence-corrected chi connectivity index (χ1v) is 12.9. The number of hydrogen-bond acceptors (Lipinski definition) is 9. The summed E-state index contributed by atoms with van der Waals surface area (Å²) in [6, 6.07) is 4.25. The molecule has 0 bridgehead atoms. The highest BCUT2D eigenvalue weighted by molar-refractivity contribution is 7.99. The van der Waals surface area contributed by atoms with Crippen LogP contribution in [0.2, 0.25) is 0 Å². The topological polar surface area (TPSA) is 94.4 Å². The summed E-state index contributed by atoms with van der Waals surface area (Å²) in [5, 5.41) is 13.2. The third-order valence-corrected chi connectivity index (χ3v) is 7.71. The Morgan fingerprint density at radius 3 is 2.69 bits per heavy atom. The summed E-state index contributed by atoms with van der Waals surface area (Å²) >= 11 is 2.88. The van der Waals surface area contributed by atoms with Gasteiger partial charge in [-0.25, -0.2) is 4.98 Å². The number of ether oxygens (including phenoxy) is 2. The first kappa shape index (κ1) is 20.1. The van der Waals surface area contributed by atoms with E-state index in [2.05, 4.69) is 30.0 Å². The number of aromatic nitrogens is 4. The van der Waals surface area contributed by atoms with Gasteiger partial charge in [0.1, 0.15) is 13.2 Å². The zero-order valence-electron chi connectivity index (χ0n) is 17.6. The van der Waals surface area contributed by atoms with Crippen molar-refractivity contribution in [3.05, 3.63) is 12.1 Å². The zero-order chi connectivity index (χ0) is 21.5. The van der Waals surface area contributed by atoms with Crippen LogP contribution in [0, 0.1) is 0 Å². The minimum atomic E-state index is -0.101. The van der Waals surface area contributed by atoms with Crippen LogP contribution in [-0.2, 0) is 4.79 Å². The number of fused-ring (bicyclic) bond motifs is 2. The zero-order valence-corrected chi connectivity index (χ0v) is 19.2. The first-order valence-electron chi connectivity index (χ1n) is 11.1. The van der Waals surface area contributed by atoms with Gasteiger partial charge in [-0.15, -0.1) is 10.2 Å². The molecule has 6 rings (SSSR count). The molecule has 2 aliphatic heterocycles. The van der Waals surface area contributed by atoms with Crippen LogP contribution in [0.5, 0.6) is 11.5 Å². The third-order valence-electron chi connectivity index (χ3n) is 5.83. The summed E-state index contributed by atoms with van der Waals surface area (Å²) in [6.45, 7) is 3.15. The van der Waals surface area contributed by atoms with Crippen molar-refractivity contribution in [1.82, 2.24) is 19.7 Å². The van der Waals surface area contributed by atoms with E-state index in [0.717, 1.165) is 53.0 Å². The van der Waals surface area contributed by atoms with Gasteiger partial charge in [0.2, 0.25) is 11.9 Å². The van der Waals surface area contributed by atoms with Crippen molar-refractivity contribution in [1.29, 1.82) is 0 Å². The Bertz CT molecular complexity index is 1110. The maximum atomic E-state index is 12.6. The Hall–Kier alpha value is -2.53. The van der Waals surface area contributed by atoms with Gasteiger partial charge in [0, 0.05) is 31.3 Å². The van der Waals surface area contributed by atoms with E-state index in [-0.39, 0.29) is 11.7 Å². The fourth-order valence-corrected chi connectivity index (χ4v) is 5.83. The number of nitrogens with one attached hydrogen (secondary N) is 1. The average Bonchev–Trinajstić information content (AvgIpc) is 3.45. The van der Waals surface area contributed by atoms with Crippen molar-refractivity contribution in [2.45, 2.75) is 43.3 Å². The highest BCUT2D eigenvalue weighted by Gasteiger charge is 2.32. The van der Waals surface area contributed by atoms with Gasteiger partial charge in [0.15, 0.2) is 21.8 Å². The third kappa shape index (κ3) is 3.99. The standard InChI is InChI=1S/C21H24N6O3S2/c28-18(23-19-22-14-10-15-16(11-17(14)32-19)30-9-8-29-15)12-31-21-25-24-20(27(21)13-4-5-13)26-6-2-1-3-7-26/h10-11,13H,1-9,12H2,(H,22,23,28). The van der Waals surface area contributed by atoms with Crippen LogP contribution < -0.4 is 19.7 Å². The summed E-state index contributed by atoms with van der Waals surface area (Å²) in [4.78, 5) is 19.5. The van der Waals surface area contributed by atoms with Crippen LogP contribution >= 0.6 is 23.1 Å². The summed E-state index contributed by atoms with van der Waals surface area (Å²) in [7, 11) is 0. The van der Waals surface area contributed by atoms with Crippen molar-refractivity contribution in [2.24, 2.45) is 0 Å². The van der Waals surface area contributed by atoms with Crippen molar-refractivity contribution >= 4 is 50.3 Å². The summed E-state index contributed by atoms with van der Waals surface area (Å²) in [5.41, 5.74) is 0.793. The van der Waals surface area contributed by atoms with Crippen LogP contribution in [-0.4, -0.2) is 57.7 Å². The molecular formula is C21H24N6O3S2. The smallest absolute Gasteiger partial charge is 0.236 e. The summed E-state index contributed by atoms with van der Waals surface area (Å²) < 4.78 is 14.5. The molecule has 2 fully saturated rings. The van der Waals surface area contributed by atoms with Gasteiger partial charge >= 0.3 is 0 Å². The molecule has 1 saturated heterocycles. The monoisotopic (exact) mass is 472 g/mol. The van der Waals surface area contributed by atoms with E-state index in [1.165, 1.54) is 42.4 Å². The van der Waals surface area contributed by atoms with Crippen LogP contribution in [0.15, 0.2) is 17.3 Å². The van der Waals surface area contributed by atoms with Gasteiger partial charge in [0.25, 0.3) is 0 Å². The van der Waals surface area contributed by atoms with Crippen molar-refractivity contribution < 1.29 is 14.3 Å². The van der Waals surface area contributed by atoms with E-state index in [9.17, 15) is 4.79 Å². The van der Waals surface area contributed by atoms with Crippen LogP contribution in [0.1, 0.15) is 38.1 Å². The lowest BCUT2D eigenvalue weighted by atomic mass is 10.1. The average molecular weight is 473 g/mol. The normalized spacial score (nSPS) is 18.2.